The van der Waals surface area contributed by atoms with E-state index in [4.69, 9.17) is 25.8 Å². The predicted octanol–water partition coefficient (Wildman–Crippen LogP) is 2.87. The van der Waals surface area contributed by atoms with Gasteiger partial charge in [-0.3, -0.25) is 9.59 Å². The topological polar surface area (TPSA) is 73.9 Å². The number of carbonyl (C=O) groups excluding carboxylic acids is 2. The number of benzene rings is 2. The average Bonchev–Trinajstić information content (AvgIpc) is 3.53. The van der Waals surface area contributed by atoms with Gasteiger partial charge in [0.25, 0.3) is 5.91 Å². The Morgan fingerprint density at radius 1 is 1.11 bits per heavy atom. The molecule has 1 amide bonds. The molecule has 2 aliphatic rings. The molecule has 4 rings (SSSR count). The number of hydrogen-bond acceptors (Lipinski definition) is 5. The van der Waals surface area contributed by atoms with Crippen LogP contribution in [0.15, 0.2) is 48.5 Å². The minimum atomic E-state index is -0.644. The maximum Gasteiger partial charge on any atom is 0.317 e. The Kier molecular flexibility index (Phi) is 5.13. The number of fused-ring (bicyclic) bond motifs is 1. The van der Waals surface area contributed by atoms with Crippen LogP contribution in [0.25, 0.3) is 0 Å². The number of halogens is 1. The number of hydrogen-bond donors (Lipinski definition) is 1. The third-order valence-electron chi connectivity index (χ3n) is 4.97. The highest BCUT2D eigenvalue weighted by atomic mass is 35.5. The van der Waals surface area contributed by atoms with Crippen LogP contribution in [0.4, 0.5) is 0 Å². The largest absolute Gasteiger partial charge is 0.486 e. The van der Waals surface area contributed by atoms with Crippen LogP contribution in [0.1, 0.15) is 18.4 Å². The molecule has 2 aromatic carbocycles. The van der Waals surface area contributed by atoms with Crippen LogP contribution >= 0.6 is 11.6 Å². The van der Waals surface area contributed by atoms with Gasteiger partial charge in [-0.1, -0.05) is 35.9 Å². The van der Waals surface area contributed by atoms with E-state index in [2.05, 4.69) is 5.32 Å². The standard InChI is InChI=1S/C21H20ClNO5/c22-15-7-5-14(6-8-15)21(9-10-21)20(25)27-13-19(24)23-11-16-12-26-17-3-1-2-4-18(17)28-16/h1-8,16H,9-13H2,(H,23,24)/t16-/m1/s1. The molecule has 1 atom stereocenters. The first-order valence-corrected chi connectivity index (χ1v) is 9.53. The molecular formula is C21H20ClNO5. The van der Waals surface area contributed by atoms with E-state index in [9.17, 15) is 9.59 Å². The molecule has 0 saturated heterocycles. The van der Waals surface area contributed by atoms with Gasteiger partial charge in [-0.05, 0) is 42.7 Å². The van der Waals surface area contributed by atoms with Crippen LogP contribution in [0, 0.1) is 0 Å². The van der Waals surface area contributed by atoms with Gasteiger partial charge < -0.3 is 19.5 Å². The molecule has 0 radical (unpaired) electrons. The Morgan fingerprint density at radius 2 is 1.82 bits per heavy atom. The van der Waals surface area contributed by atoms with Gasteiger partial charge in [0.1, 0.15) is 12.7 Å². The molecule has 1 aliphatic carbocycles. The summed E-state index contributed by atoms with van der Waals surface area (Å²) < 4.78 is 16.6. The molecule has 0 spiro atoms. The van der Waals surface area contributed by atoms with E-state index >= 15 is 0 Å². The molecule has 28 heavy (non-hydrogen) atoms. The first-order chi connectivity index (χ1) is 13.6. The Hall–Kier alpha value is -2.73. The van der Waals surface area contributed by atoms with E-state index in [0.717, 1.165) is 5.56 Å². The summed E-state index contributed by atoms with van der Waals surface area (Å²) in [5, 5.41) is 3.33. The lowest BCUT2D eigenvalue weighted by Gasteiger charge is -2.26. The molecule has 1 N–H and O–H groups in total. The number of nitrogens with one attached hydrogen (secondary N) is 1. The van der Waals surface area contributed by atoms with Gasteiger partial charge in [-0.25, -0.2) is 0 Å². The van der Waals surface area contributed by atoms with E-state index in [0.29, 0.717) is 36.0 Å². The predicted molar refractivity (Wildman–Crippen MR) is 103 cm³/mol. The van der Waals surface area contributed by atoms with Crippen molar-refractivity contribution in [1.29, 1.82) is 0 Å². The normalized spacial score (nSPS) is 18.8. The van der Waals surface area contributed by atoms with Crippen molar-refractivity contribution >= 4 is 23.5 Å². The summed E-state index contributed by atoms with van der Waals surface area (Å²) in [5.41, 5.74) is 0.225. The van der Waals surface area contributed by atoms with Crippen LogP contribution in [-0.2, 0) is 19.7 Å². The number of esters is 1. The molecule has 1 saturated carbocycles. The lowest BCUT2D eigenvalue weighted by atomic mass is 9.96. The molecule has 0 unspecified atom stereocenters. The zero-order valence-corrected chi connectivity index (χ0v) is 15.9. The molecule has 2 aromatic rings. The van der Waals surface area contributed by atoms with Crippen molar-refractivity contribution in [2.75, 3.05) is 19.8 Å². The summed E-state index contributed by atoms with van der Waals surface area (Å²) in [6, 6.07) is 14.5. The van der Waals surface area contributed by atoms with E-state index in [1.54, 1.807) is 12.1 Å². The van der Waals surface area contributed by atoms with Crippen molar-refractivity contribution in [3.8, 4) is 11.5 Å². The molecular weight excluding hydrogens is 382 g/mol. The monoisotopic (exact) mass is 401 g/mol. The first-order valence-electron chi connectivity index (χ1n) is 9.15. The SMILES string of the molecule is O=C(COC(=O)C1(c2ccc(Cl)cc2)CC1)NC[C@@H]1COc2ccccc2O1. The van der Waals surface area contributed by atoms with Gasteiger partial charge in [-0.2, -0.15) is 0 Å². The van der Waals surface area contributed by atoms with E-state index in [-0.39, 0.29) is 31.1 Å². The van der Waals surface area contributed by atoms with Gasteiger partial charge in [0, 0.05) is 5.02 Å². The number of carbonyl (C=O) groups is 2. The second-order valence-electron chi connectivity index (χ2n) is 6.97. The Balaban J connectivity index is 1.24. The molecule has 146 valence electrons. The molecule has 6 nitrogen and oxygen atoms in total. The number of amides is 1. The van der Waals surface area contributed by atoms with Crippen LogP contribution in [0.5, 0.6) is 11.5 Å². The van der Waals surface area contributed by atoms with Gasteiger partial charge in [0.05, 0.1) is 12.0 Å². The third kappa shape index (κ3) is 3.92. The van der Waals surface area contributed by atoms with Crippen LogP contribution in [0.3, 0.4) is 0 Å². The Morgan fingerprint density at radius 3 is 2.54 bits per heavy atom. The number of ether oxygens (including phenoxy) is 3. The lowest BCUT2D eigenvalue weighted by molar-refractivity contribution is -0.151. The van der Waals surface area contributed by atoms with E-state index < -0.39 is 5.41 Å². The minimum Gasteiger partial charge on any atom is -0.486 e. The maximum absolute atomic E-state index is 12.5. The summed E-state index contributed by atoms with van der Waals surface area (Å²) in [7, 11) is 0. The van der Waals surface area contributed by atoms with Crippen LogP contribution in [-0.4, -0.2) is 37.7 Å². The van der Waals surface area contributed by atoms with Crippen molar-refractivity contribution in [3.05, 3.63) is 59.1 Å². The van der Waals surface area contributed by atoms with Crippen molar-refractivity contribution in [1.82, 2.24) is 5.32 Å². The van der Waals surface area contributed by atoms with Crippen LogP contribution in [0.2, 0.25) is 5.02 Å². The zero-order valence-electron chi connectivity index (χ0n) is 15.2. The smallest absolute Gasteiger partial charge is 0.317 e. The van der Waals surface area contributed by atoms with E-state index in [1.165, 1.54) is 0 Å². The third-order valence-corrected chi connectivity index (χ3v) is 5.22. The fourth-order valence-corrected chi connectivity index (χ4v) is 3.34. The highest BCUT2D eigenvalue weighted by molar-refractivity contribution is 6.30. The lowest BCUT2D eigenvalue weighted by Crippen LogP contribution is -2.42. The molecule has 0 aromatic heterocycles. The van der Waals surface area contributed by atoms with Gasteiger partial charge >= 0.3 is 5.97 Å². The van der Waals surface area contributed by atoms with E-state index in [1.807, 2.05) is 36.4 Å². The summed E-state index contributed by atoms with van der Waals surface area (Å²) in [4.78, 5) is 24.5. The molecule has 1 heterocycles. The zero-order chi connectivity index (χ0) is 19.6. The number of rotatable bonds is 6. The van der Waals surface area contributed by atoms with Crippen molar-refractivity contribution < 1.29 is 23.8 Å². The van der Waals surface area contributed by atoms with Crippen LogP contribution < -0.4 is 14.8 Å². The van der Waals surface area contributed by atoms with Gasteiger partial charge in [0.2, 0.25) is 0 Å². The van der Waals surface area contributed by atoms with Gasteiger partial charge in [-0.15, -0.1) is 0 Å². The molecule has 1 aliphatic heterocycles. The Labute approximate surface area is 167 Å². The van der Waals surface area contributed by atoms with Crippen molar-refractivity contribution in [3.63, 3.8) is 0 Å². The number of para-hydroxylation sites is 2. The fraction of sp³-hybridized carbons (Fsp3) is 0.333. The minimum absolute atomic E-state index is 0.271. The summed E-state index contributed by atoms with van der Waals surface area (Å²) >= 11 is 5.90. The van der Waals surface area contributed by atoms with Crippen molar-refractivity contribution in [2.45, 2.75) is 24.4 Å². The fourth-order valence-electron chi connectivity index (χ4n) is 3.22. The second-order valence-corrected chi connectivity index (χ2v) is 7.40. The quantitative estimate of drug-likeness (QED) is 0.753. The molecule has 1 fully saturated rings. The highest BCUT2D eigenvalue weighted by Gasteiger charge is 2.52. The second kappa shape index (κ2) is 7.72. The molecule has 0 bridgehead atoms. The summed E-state index contributed by atoms with van der Waals surface area (Å²) in [5.74, 6) is 0.591. The maximum atomic E-state index is 12.5. The summed E-state index contributed by atoms with van der Waals surface area (Å²) in [6.45, 7) is 0.294. The summed E-state index contributed by atoms with van der Waals surface area (Å²) in [6.07, 6.45) is 1.13. The molecule has 7 heteroatoms. The van der Waals surface area contributed by atoms with Gasteiger partial charge in [0.15, 0.2) is 18.1 Å². The van der Waals surface area contributed by atoms with Crippen molar-refractivity contribution in [2.24, 2.45) is 0 Å². The highest BCUT2D eigenvalue weighted by Crippen LogP contribution is 2.49. The Bertz CT molecular complexity index is 879. The first kappa shape index (κ1) is 18.6. The average molecular weight is 402 g/mol.